The Morgan fingerprint density at radius 3 is 2.04 bits per heavy atom. The smallest absolute Gasteiger partial charge is 0.408 e. The number of ether oxygens (including phenoxy) is 1. The topological polar surface area (TPSA) is 96.5 Å². The number of benzene rings is 1. The van der Waals surface area contributed by atoms with Gasteiger partial charge in [0.15, 0.2) is 0 Å². The average Bonchev–Trinajstić information content (AvgIpc) is 2.60. The number of carbonyl (C=O) groups excluding carboxylic acids is 3. The van der Waals surface area contributed by atoms with E-state index in [0.717, 1.165) is 6.42 Å². The average molecular weight is 394 g/mol. The van der Waals surface area contributed by atoms with Crippen molar-refractivity contribution in [3.05, 3.63) is 29.8 Å². The summed E-state index contributed by atoms with van der Waals surface area (Å²) < 4.78 is 5.03. The first kappa shape index (κ1) is 25.4. The third-order valence-corrected chi connectivity index (χ3v) is 3.19. The van der Waals surface area contributed by atoms with E-state index in [1.54, 1.807) is 27.7 Å². The van der Waals surface area contributed by atoms with Gasteiger partial charge in [0, 0.05) is 5.69 Å². The molecule has 3 N–H and O–H groups in total. The number of rotatable bonds is 6. The minimum Gasteiger partial charge on any atom is -0.444 e. The molecule has 0 radical (unpaired) electrons. The van der Waals surface area contributed by atoms with Gasteiger partial charge in [-0.25, -0.2) is 4.79 Å². The summed E-state index contributed by atoms with van der Waals surface area (Å²) in [5, 5.41) is 7.59. The van der Waals surface area contributed by atoms with Gasteiger partial charge < -0.3 is 20.7 Å². The lowest BCUT2D eigenvalue weighted by Crippen LogP contribution is -2.46. The Hall–Kier alpha value is -2.57. The predicted octanol–water partition coefficient (Wildman–Crippen LogP) is 3.63. The van der Waals surface area contributed by atoms with Gasteiger partial charge in [0.25, 0.3) is 0 Å². The van der Waals surface area contributed by atoms with E-state index >= 15 is 0 Å². The Bertz CT molecular complexity index is 622. The van der Waals surface area contributed by atoms with Crippen molar-refractivity contribution >= 4 is 23.6 Å². The molecular formula is C21H35N3O4. The largest absolute Gasteiger partial charge is 0.444 e. The maximum Gasteiger partial charge on any atom is 0.408 e. The maximum atomic E-state index is 12.1. The molecule has 7 nitrogen and oxygen atoms in total. The van der Waals surface area contributed by atoms with E-state index in [0.29, 0.717) is 5.69 Å². The van der Waals surface area contributed by atoms with Crippen LogP contribution in [0, 0.1) is 0 Å². The molecule has 1 atom stereocenters. The summed E-state index contributed by atoms with van der Waals surface area (Å²) in [4.78, 5) is 35.4. The lowest BCUT2D eigenvalue weighted by molar-refractivity contribution is -0.125. The molecule has 3 amide bonds. The number of anilines is 1. The molecule has 0 bridgehead atoms. The van der Waals surface area contributed by atoms with Crippen molar-refractivity contribution in [2.45, 2.75) is 73.0 Å². The molecule has 0 saturated carbocycles. The first-order chi connectivity index (χ1) is 13.0. The summed E-state index contributed by atoms with van der Waals surface area (Å²) in [5.74, 6) is -0.815. The summed E-state index contributed by atoms with van der Waals surface area (Å²) in [7, 11) is 0. The van der Waals surface area contributed by atoms with Crippen LogP contribution >= 0.6 is 0 Å². The molecule has 1 unspecified atom stereocenters. The third kappa shape index (κ3) is 11.9. The number of carbonyl (C=O) groups is 3. The second kappa shape index (κ2) is 12.8. The minimum absolute atomic E-state index is 0.266. The highest BCUT2D eigenvalue weighted by atomic mass is 16.6. The fraction of sp³-hybridized carbons (Fsp3) is 0.571. The number of hydrogen-bond acceptors (Lipinski definition) is 4. The van der Waals surface area contributed by atoms with Gasteiger partial charge >= 0.3 is 6.09 Å². The minimum atomic E-state index is -0.737. The highest BCUT2D eigenvalue weighted by molar-refractivity contribution is 5.97. The second-order valence-electron chi connectivity index (χ2n) is 7.39. The van der Waals surface area contributed by atoms with Crippen molar-refractivity contribution in [1.82, 2.24) is 10.6 Å². The summed E-state index contributed by atoms with van der Waals surface area (Å²) >= 11 is 0. The second-order valence-corrected chi connectivity index (χ2v) is 7.39. The highest BCUT2D eigenvalue weighted by Gasteiger charge is 2.19. The van der Waals surface area contributed by atoms with Crippen LogP contribution in [0.5, 0.6) is 0 Å². The molecule has 0 fully saturated rings. The molecule has 0 spiro atoms. The molecule has 0 heterocycles. The molecule has 1 rings (SSSR count). The summed E-state index contributed by atoms with van der Waals surface area (Å²) in [5.41, 5.74) is 1.20. The predicted molar refractivity (Wildman–Crippen MR) is 112 cm³/mol. The van der Waals surface area contributed by atoms with Crippen molar-refractivity contribution in [3.63, 3.8) is 0 Å². The number of aryl methyl sites for hydroxylation is 1. The molecule has 0 aromatic heterocycles. The van der Waals surface area contributed by atoms with E-state index in [9.17, 15) is 14.4 Å². The Labute approximate surface area is 168 Å². The third-order valence-electron chi connectivity index (χ3n) is 3.19. The van der Waals surface area contributed by atoms with E-state index in [1.165, 1.54) is 12.0 Å². The van der Waals surface area contributed by atoms with Gasteiger partial charge in [-0.2, -0.15) is 0 Å². The SMILES string of the molecule is CCC.CCc1ccc(NC(=O)C(C)NC(=O)CNC(=O)OC(C)(C)C)cc1. The van der Waals surface area contributed by atoms with Crippen LogP contribution in [0.15, 0.2) is 24.3 Å². The van der Waals surface area contributed by atoms with Gasteiger partial charge in [-0.15, -0.1) is 0 Å². The van der Waals surface area contributed by atoms with Crippen molar-refractivity contribution in [3.8, 4) is 0 Å². The molecule has 7 heteroatoms. The highest BCUT2D eigenvalue weighted by Crippen LogP contribution is 2.10. The van der Waals surface area contributed by atoms with Crippen LogP contribution in [0.4, 0.5) is 10.5 Å². The molecule has 158 valence electrons. The number of amides is 3. The summed E-state index contributed by atoms with van der Waals surface area (Å²) in [6.45, 7) is 12.8. The van der Waals surface area contributed by atoms with E-state index < -0.39 is 23.6 Å². The lowest BCUT2D eigenvalue weighted by atomic mass is 10.1. The van der Waals surface area contributed by atoms with E-state index in [2.05, 4.69) is 36.7 Å². The van der Waals surface area contributed by atoms with Crippen molar-refractivity contribution in [1.29, 1.82) is 0 Å². The number of nitrogens with one attached hydrogen (secondary N) is 3. The zero-order valence-corrected chi connectivity index (χ0v) is 18.1. The van der Waals surface area contributed by atoms with E-state index in [-0.39, 0.29) is 12.5 Å². The van der Waals surface area contributed by atoms with Crippen LogP contribution in [-0.4, -0.2) is 36.1 Å². The fourth-order valence-corrected chi connectivity index (χ4v) is 1.90. The molecular weight excluding hydrogens is 358 g/mol. The van der Waals surface area contributed by atoms with Gasteiger partial charge in [0.2, 0.25) is 11.8 Å². The van der Waals surface area contributed by atoms with Gasteiger partial charge in [-0.1, -0.05) is 39.3 Å². The zero-order valence-electron chi connectivity index (χ0n) is 18.1. The lowest BCUT2D eigenvalue weighted by Gasteiger charge is -2.20. The van der Waals surface area contributed by atoms with Gasteiger partial charge in [-0.3, -0.25) is 9.59 Å². The Kier molecular flexibility index (Phi) is 11.6. The standard InChI is InChI=1S/C18H27N3O4.C3H8/c1-6-13-7-9-14(10-8-13)21-16(23)12(2)20-15(22)11-19-17(24)25-18(3,4)5;1-3-2/h7-10,12H,6,11H2,1-5H3,(H,19,24)(H,20,22)(H,21,23);3H2,1-2H3. The number of alkyl carbamates (subject to hydrolysis) is 1. The van der Waals surface area contributed by atoms with Gasteiger partial charge in [-0.05, 0) is 51.8 Å². The zero-order chi connectivity index (χ0) is 21.7. The first-order valence-electron chi connectivity index (χ1n) is 9.68. The molecule has 1 aromatic carbocycles. The van der Waals surface area contributed by atoms with Crippen molar-refractivity contribution < 1.29 is 19.1 Å². The Balaban J connectivity index is 0.00000227. The van der Waals surface area contributed by atoms with Crippen LogP contribution in [0.1, 0.15) is 60.5 Å². The number of hydrogen-bond donors (Lipinski definition) is 3. The van der Waals surface area contributed by atoms with Crippen LogP contribution in [-0.2, 0) is 20.7 Å². The molecule has 0 aliphatic heterocycles. The van der Waals surface area contributed by atoms with Crippen LogP contribution in [0.3, 0.4) is 0 Å². The Morgan fingerprint density at radius 2 is 1.57 bits per heavy atom. The van der Waals surface area contributed by atoms with E-state index in [4.69, 9.17) is 4.74 Å². The van der Waals surface area contributed by atoms with Gasteiger partial charge in [0.05, 0.1) is 0 Å². The van der Waals surface area contributed by atoms with Crippen molar-refractivity contribution in [2.75, 3.05) is 11.9 Å². The van der Waals surface area contributed by atoms with Crippen molar-refractivity contribution in [2.24, 2.45) is 0 Å². The summed E-state index contributed by atoms with van der Waals surface area (Å²) in [6.07, 6.45) is 1.49. The Morgan fingerprint density at radius 1 is 1.04 bits per heavy atom. The van der Waals surface area contributed by atoms with Gasteiger partial charge in [0.1, 0.15) is 18.2 Å². The fourth-order valence-electron chi connectivity index (χ4n) is 1.90. The quantitative estimate of drug-likeness (QED) is 0.687. The molecule has 0 aliphatic rings. The molecule has 0 aliphatic carbocycles. The van der Waals surface area contributed by atoms with E-state index in [1.807, 2.05) is 24.3 Å². The van der Waals surface area contributed by atoms with Crippen LogP contribution in [0.2, 0.25) is 0 Å². The molecule has 0 saturated heterocycles. The normalized spacial score (nSPS) is 11.4. The monoisotopic (exact) mass is 393 g/mol. The molecule has 28 heavy (non-hydrogen) atoms. The first-order valence-corrected chi connectivity index (χ1v) is 9.68. The molecule has 1 aromatic rings. The van der Waals surface area contributed by atoms with Crippen LogP contribution in [0.25, 0.3) is 0 Å². The maximum absolute atomic E-state index is 12.1. The van der Waals surface area contributed by atoms with Crippen LogP contribution < -0.4 is 16.0 Å². The summed E-state index contributed by atoms with van der Waals surface area (Å²) in [6, 6.07) is 6.76.